The van der Waals surface area contributed by atoms with Gasteiger partial charge < -0.3 is 0 Å². The van der Waals surface area contributed by atoms with Gasteiger partial charge in [0.15, 0.2) is 0 Å². The predicted molar refractivity (Wildman–Crippen MR) is 44.3 cm³/mol. The zero-order valence-electron chi connectivity index (χ0n) is 6.99. The Hall–Kier alpha value is -1.12. The molecule has 0 amide bonds. The standard InChI is InChI=1S/C8H13N3/c1-4-5-11-6-8(7(2)3)9-10-11/h4,6-7H,1,5H2,2-3H3. The fourth-order valence-electron chi connectivity index (χ4n) is 0.799. The van der Waals surface area contributed by atoms with Crippen LogP contribution in [0.5, 0.6) is 0 Å². The van der Waals surface area contributed by atoms with Crippen molar-refractivity contribution in [3.05, 3.63) is 24.5 Å². The monoisotopic (exact) mass is 151 g/mol. The van der Waals surface area contributed by atoms with Gasteiger partial charge in [-0.2, -0.15) is 0 Å². The third-order valence-electron chi connectivity index (χ3n) is 1.46. The molecule has 0 aliphatic carbocycles. The van der Waals surface area contributed by atoms with Crippen LogP contribution in [0.15, 0.2) is 18.9 Å². The van der Waals surface area contributed by atoms with E-state index in [4.69, 9.17) is 0 Å². The third-order valence-corrected chi connectivity index (χ3v) is 1.46. The molecule has 0 aromatic carbocycles. The van der Waals surface area contributed by atoms with E-state index in [9.17, 15) is 0 Å². The Morgan fingerprint density at radius 1 is 1.73 bits per heavy atom. The lowest BCUT2D eigenvalue weighted by Crippen LogP contribution is -1.94. The maximum Gasteiger partial charge on any atom is 0.0852 e. The summed E-state index contributed by atoms with van der Waals surface area (Å²) in [4.78, 5) is 0. The average molecular weight is 151 g/mol. The van der Waals surface area contributed by atoms with Gasteiger partial charge in [-0.1, -0.05) is 25.1 Å². The number of hydrogen-bond donors (Lipinski definition) is 0. The smallest absolute Gasteiger partial charge is 0.0852 e. The van der Waals surface area contributed by atoms with E-state index in [1.54, 1.807) is 10.8 Å². The van der Waals surface area contributed by atoms with Gasteiger partial charge in [0.2, 0.25) is 0 Å². The molecular weight excluding hydrogens is 138 g/mol. The van der Waals surface area contributed by atoms with E-state index in [2.05, 4.69) is 30.7 Å². The summed E-state index contributed by atoms with van der Waals surface area (Å²) in [6, 6.07) is 0. The molecule has 3 nitrogen and oxygen atoms in total. The highest BCUT2D eigenvalue weighted by molar-refractivity contribution is 4.98. The molecule has 3 heteroatoms. The van der Waals surface area contributed by atoms with E-state index in [-0.39, 0.29) is 0 Å². The highest BCUT2D eigenvalue weighted by Gasteiger charge is 2.02. The third kappa shape index (κ3) is 1.90. The number of hydrogen-bond acceptors (Lipinski definition) is 2. The second-order valence-corrected chi connectivity index (χ2v) is 2.81. The second kappa shape index (κ2) is 3.32. The summed E-state index contributed by atoms with van der Waals surface area (Å²) in [6.45, 7) is 8.56. The van der Waals surface area contributed by atoms with Crippen LogP contribution in [0.4, 0.5) is 0 Å². The Morgan fingerprint density at radius 3 is 2.91 bits per heavy atom. The first kappa shape index (κ1) is 7.98. The van der Waals surface area contributed by atoms with E-state index >= 15 is 0 Å². The van der Waals surface area contributed by atoms with Crippen molar-refractivity contribution < 1.29 is 0 Å². The van der Waals surface area contributed by atoms with E-state index in [1.807, 2.05) is 6.20 Å². The molecule has 0 aliphatic heterocycles. The lowest BCUT2D eigenvalue weighted by Gasteiger charge is -1.94. The molecule has 0 saturated carbocycles. The van der Waals surface area contributed by atoms with Crippen LogP contribution in [0.3, 0.4) is 0 Å². The van der Waals surface area contributed by atoms with E-state index in [1.165, 1.54) is 0 Å². The Bertz CT molecular complexity index is 237. The van der Waals surface area contributed by atoms with E-state index < -0.39 is 0 Å². The zero-order valence-corrected chi connectivity index (χ0v) is 6.99. The van der Waals surface area contributed by atoms with Crippen LogP contribution in [0.1, 0.15) is 25.5 Å². The van der Waals surface area contributed by atoms with Crippen molar-refractivity contribution in [3.8, 4) is 0 Å². The Morgan fingerprint density at radius 2 is 2.45 bits per heavy atom. The minimum Gasteiger partial charge on any atom is -0.248 e. The average Bonchev–Trinajstić information content (AvgIpc) is 2.37. The van der Waals surface area contributed by atoms with Gasteiger partial charge in [0.05, 0.1) is 12.2 Å². The van der Waals surface area contributed by atoms with Crippen LogP contribution >= 0.6 is 0 Å². The largest absolute Gasteiger partial charge is 0.248 e. The Kier molecular flexibility index (Phi) is 2.41. The van der Waals surface area contributed by atoms with Crippen molar-refractivity contribution in [1.29, 1.82) is 0 Å². The fraction of sp³-hybridized carbons (Fsp3) is 0.500. The normalized spacial score (nSPS) is 10.5. The summed E-state index contributed by atoms with van der Waals surface area (Å²) in [5.41, 5.74) is 1.03. The van der Waals surface area contributed by atoms with Gasteiger partial charge >= 0.3 is 0 Å². The number of allylic oxidation sites excluding steroid dienone is 1. The molecule has 0 atom stereocenters. The number of nitrogens with zero attached hydrogens (tertiary/aromatic N) is 3. The topological polar surface area (TPSA) is 30.7 Å². The molecule has 1 aromatic heterocycles. The van der Waals surface area contributed by atoms with Gasteiger partial charge in [-0.3, -0.25) is 0 Å². The predicted octanol–water partition coefficient (Wildman–Crippen LogP) is 1.59. The first-order valence-electron chi connectivity index (χ1n) is 3.75. The molecule has 1 heterocycles. The van der Waals surface area contributed by atoms with Gasteiger partial charge in [0, 0.05) is 6.20 Å². The lowest BCUT2D eigenvalue weighted by atomic mass is 10.2. The Balaban J connectivity index is 2.73. The van der Waals surface area contributed by atoms with Gasteiger partial charge in [-0.15, -0.1) is 11.7 Å². The van der Waals surface area contributed by atoms with Crippen molar-refractivity contribution in [2.75, 3.05) is 0 Å². The quantitative estimate of drug-likeness (QED) is 0.614. The van der Waals surface area contributed by atoms with E-state index in [0.29, 0.717) is 5.92 Å². The molecule has 60 valence electrons. The number of rotatable bonds is 3. The van der Waals surface area contributed by atoms with Crippen LogP contribution in [0.25, 0.3) is 0 Å². The van der Waals surface area contributed by atoms with Crippen LogP contribution in [-0.4, -0.2) is 15.0 Å². The van der Waals surface area contributed by atoms with Crippen molar-refractivity contribution in [3.63, 3.8) is 0 Å². The summed E-state index contributed by atoms with van der Waals surface area (Å²) in [7, 11) is 0. The summed E-state index contributed by atoms with van der Waals surface area (Å²) in [6.07, 6.45) is 3.76. The first-order valence-corrected chi connectivity index (χ1v) is 3.75. The van der Waals surface area contributed by atoms with Crippen molar-refractivity contribution in [1.82, 2.24) is 15.0 Å². The van der Waals surface area contributed by atoms with Gasteiger partial charge in [0.1, 0.15) is 0 Å². The van der Waals surface area contributed by atoms with Crippen molar-refractivity contribution in [2.45, 2.75) is 26.3 Å². The molecule has 0 bridgehead atoms. The van der Waals surface area contributed by atoms with Gasteiger partial charge in [-0.25, -0.2) is 4.68 Å². The molecule has 0 aliphatic rings. The molecule has 11 heavy (non-hydrogen) atoms. The van der Waals surface area contributed by atoms with Crippen LogP contribution in [0, 0.1) is 0 Å². The minimum absolute atomic E-state index is 0.452. The van der Waals surface area contributed by atoms with Gasteiger partial charge in [0.25, 0.3) is 0 Å². The molecule has 0 N–H and O–H groups in total. The van der Waals surface area contributed by atoms with Crippen molar-refractivity contribution >= 4 is 0 Å². The molecule has 0 spiro atoms. The summed E-state index contributed by atoms with van der Waals surface area (Å²) < 4.78 is 1.78. The van der Waals surface area contributed by atoms with Crippen LogP contribution in [-0.2, 0) is 6.54 Å². The fourth-order valence-corrected chi connectivity index (χ4v) is 0.799. The highest BCUT2D eigenvalue weighted by Crippen LogP contribution is 2.08. The number of aromatic nitrogens is 3. The Labute approximate surface area is 66.7 Å². The maximum absolute atomic E-state index is 4.00. The molecule has 0 saturated heterocycles. The lowest BCUT2D eigenvalue weighted by molar-refractivity contribution is 0.661. The van der Waals surface area contributed by atoms with E-state index in [0.717, 1.165) is 12.2 Å². The first-order chi connectivity index (χ1) is 5.24. The van der Waals surface area contributed by atoms with Crippen LogP contribution < -0.4 is 0 Å². The summed E-state index contributed by atoms with van der Waals surface area (Å²) >= 11 is 0. The summed E-state index contributed by atoms with van der Waals surface area (Å²) in [5.74, 6) is 0.452. The molecular formula is C8H13N3. The molecule has 1 rings (SSSR count). The van der Waals surface area contributed by atoms with Crippen LogP contribution in [0.2, 0.25) is 0 Å². The summed E-state index contributed by atoms with van der Waals surface area (Å²) in [5, 5.41) is 7.92. The second-order valence-electron chi connectivity index (χ2n) is 2.81. The minimum atomic E-state index is 0.452. The highest BCUT2D eigenvalue weighted by atomic mass is 15.4. The maximum atomic E-state index is 4.00. The molecule has 0 radical (unpaired) electrons. The molecule has 0 unspecified atom stereocenters. The molecule has 1 aromatic rings. The van der Waals surface area contributed by atoms with Crippen molar-refractivity contribution in [2.24, 2.45) is 0 Å². The zero-order chi connectivity index (χ0) is 8.27. The SMILES string of the molecule is C=CCn1cc(C(C)C)nn1. The van der Waals surface area contributed by atoms with Gasteiger partial charge in [-0.05, 0) is 5.92 Å². The molecule has 0 fully saturated rings.